The number of hydrogen-bond donors (Lipinski definition) is 2. The predicted octanol–water partition coefficient (Wildman–Crippen LogP) is 2.76. The molecule has 1 amide bonds. The van der Waals surface area contributed by atoms with E-state index in [9.17, 15) is 14.0 Å². The Morgan fingerprint density at radius 1 is 1.38 bits per heavy atom. The molecule has 5 nitrogen and oxygen atoms in total. The molecule has 126 valence electrons. The average Bonchev–Trinajstić information content (AvgIpc) is 2.95. The van der Waals surface area contributed by atoms with E-state index in [1.807, 2.05) is 0 Å². The maximum atomic E-state index is 13.5. The summed E-state index contributed by atoms with van der Waals surface area (Å²) in [7, 11) is 0. The second-order valence-electron chi connectivity index (χ2n) is 5.88. The summed E-state index contributed by atoms with van der Waals surface area (Å²) < 4.78 is 13.5. The van der Waals surface area contributed by atoms with Gasteiger partial charge < -0.3 is 10.4 Å². The van der Waals surface area contributed by atoms with Crippen molar-refractivity contribution in [1.29, 1.82) is 0 Å². The van der Waals surface area contributed by atoms with Crippen LogP contribution in [0.4, 0.5) is 4.39 Å². The third-order valence-corrected chi connectivity index (χ3v) is 5.32. The Morgan fingerprint density at radius 3 is 2.75 bits per heavy atom. The molecule has 1 heterocycles. The summed E-state index contributed by atoms with van der Waals surface area (Å²) in [5.74, 6) is -1.49. The van der Waals surface area contributed by atoms with Crippen molar-refractivity contribution in [1.82, 2.24) is 10.3 Å². The zero-order valence-electron chi connectivity index (χ0n) is 12.9. The van der Waals surface area contributed by atoms with Crippen molar-refractivity contribution in [3.8, 4) is 0 Å². The first-order valence-electron chi connectivity index (χ1n) is 7.73. The first kappa shape index (κ1) is 16.6. The van der Waals surface area contributed by atoms with Crippen molar-refractivity contribution >= 4 is 23.2 Å². The lowest BCUT2D eigenvalue weighted by atomic mass is 9.64. The molecule has 1 aliphatic carbocycles. The van der Waals surface area contributed by atoms with Crippen LogP contribution in [0.5, 0.6) is 0 Å². The number of hydrogen-bond acceptors (Lipinski definition) is 4. The van der Waals surface area contributed by atoms with E-state index in [0.29, 0.717) is 36.4 Å². The van der Waals surface area contributed by atoms with Gasteiger partial charge in [0, 0.05) is 18.3 Å². The number of amides is 1. The van der Waals surface area contributed by atoms with Gasteiger partial charge in [0.05, 0.1) is 10.4 Å². The van der Waals surface area contributed by atoms with Crippen molar-refractivity contribution in [3.05, 3.63) is 51.7 Å². The molecule has 0 spiro atoms. The molecular formula is C17H17FN2O3S. The molecule has 24 heavy (non-hydrogen) atoms. The Balaban J connectivity index is 1.62. The van der Waals surface area contributed by atoms with Crippen molar-refractivity contribution in [2.75, 3.05) is 6.54 Å². The van der Waals surface area contributed by atoms with Gasteiger partial charge >= 0.3 is 5.97 Å². The fourth-order valence-corrected chi connectivity index (χ4v) is 3.71. The minimum Gasteiger partial charge on any atom is -0.476 e. The molecule has 2 N–H and O–H groups in total. The van der Waals surface area contributed by atoms with E-state index >= 15 is 0 Å². The van der Waals surface area contributed by atoms with E-state index in [-0.39, 0.29) is 17.4 Å². The van der Waals surface area contributed by atoms with Crippen LogP contribution >= 0.6 is 11.3 Å². The molecular weight excluding hydrogens is 331 g/mol. The summed E-state index contributed by atoms with van der Waals surface area (Å²) in [4.78, 5) is 27.4. The van der Waals surface area contributed by atoms with Crippen LogP contribution in [-0.2, 0) is 16.6 Å². The van der Waals surface area contributed by atoms with E-state index in [1.54, 1.807) is 12.1 Å². The number of aromatic carboxylic acids is 1. The fraction of sp³-hybridized carbons (Fsp3) is 0.353. The van der Waals surface area contributed by atoms with E-state index in [1.165, 1.54) is 28.8 Å². The molecule has 0 atom stereocenters. The number of nitrogens with one attached hydrogen (secondary N) is 1. The number of carboxylic acid groups (broad SMARTS) is 1. The van der Waals surface area contributed by atoms with E-state index in [4.69, 9.17) is 5.11 Å². The number of carboxylic acids is 1. The van der Waals surface area contributed by atoms with Gasteiger partial charge in [-0.2, -0.15) is 0 Å². The highest BCUT2D eigenvalue weighted by molar-refractivity contribution is 7.09. The highest BCUT2D eigenvalue weighted by atomic mass is 32.1. The number of aromatic nitrogens is 1. The molecule has 0 unspecified atom stereocenters. The summed E-state index contributed by atoms with van der Waals surface area (Å²) in [5, 5.41) is 13.9. The van der Waals surface area contributed by atoms with Crippen LogP contribution in [0.3, 0.4) is 0 Å². The highest BCUT2D eigenvalue weighted by Gasteiger charge is 2.45. The summed E-state index contributed by atoms with van der Waals surface area (Å²) in [5.41, 5.74) is 0.0993. The number of carbonyl (C=O) groups excluding carboxylic acids is 1. The van der Waals surface area contributed by atoms with Gasteiger partial charge in [0.15, 0.2) is 5.69 Å². The predicted molar refractivity (Wildman–Crippen MR) is 87.7 cm³/mol. The monoisotopic (exact) mass is 348 g/mol. The average molecular weight is 348 g/mol. The lowest BCUT2D eigenvalue weighted by Gasteiger charge is -2.40. The van der Waals surface area contributed by atoms with Crippen molar-refractivity contribution in [3.63, 3.8) is 0 Å². The standard InChI is InChI=1S/C17H17FN2O3S/c18-12-4-1-3-11(9-12)17(6-2-7-17)16(23)19-8-5-14-20-13(10-24-14)15(21)22/h1,3-4,9-10H,2,5-8H2,(H,19,23)(H,21,22). The smallest absolute Gasteiger partial charge is 0.355 e. The minimum atomic E-state index is -1.05. The molecule has 2 aromatic rings. The summed E-state index contributed by atoms with van der Waals surface area (Å²) in [6, 6.07) is 6.22. The molecule has 1 fully saturated rings. The van der Waals surface area contributed by atoms with Gasteiger partial charge in [-0.1, -0.05) is 18.6 Å². The van der Waals surface area contributed by atoms with E-state index < -0.39 is 11.4 Å². The molecule has 3 rings (SSSR count). The van der Waals surface area contributed by atoms with Crippen LogP contribution in [-0.4, -0.2) is 28.5 Å². The number of nitrogens with zero attached hydrogens (tertiary/aromatic N) is 1. The Bertz CT molecular complexity index is 771. The van der Waals surface area contributed by atoms with Gasteiger partial charge in [0.25, 0.3) is 0 Å². The second-order valence-corrected chi connectivity index (χ2v) is 6.83. The van der Waals surface area contributed by atoms with Crippen LogP contribution in [0.1, 0.15) is 40.3 Å². The Kier molecular flexibility index (Phi) is 4.62. The van der Waals surface area contributed by atoms with Crippen LogP contribution < -0.4 is 5.32 Å². The number of halogens is 1. The molecule has 1 saturated carbocycles. The van der Waals surface area contributed by atoms with Gasteiger partial charge in [-0.05, 0) is 30.5 Å². The second kappa shape index (κ2) is 6.68. The number of carbonyl (C=O) groups is 2. The van der Waals surface area contributed by atoms with Gasteiger partial charge in [-0.15, -0.1) is 11.3 Å². The third kappa shape index (κ3) is 3.17. The molecule has 1 aliphatic rings. The van der Waals surface area contributed by atoms with Crippen molar-refractivity contribution < 1.29 is 19.1 Å². The lowest BCUT2D eigenvalue weighted by Crippen LogP contribution is -2.49. The van der Waals surface area contributed by atoms with Crippen molar-refractivity contribution in [2.45, 2.75) is 31.1 Å². The van der Waals surface area contributed by atoms with Crippen LogP contribution in [0.25, 0.3) is 0 Å². The molecule has 0 bridgehead atoms. The van der Waals surface area contributed by atoms with E-state index in [2.05, 4.69) is 10.3 Å². The maximum Gasteiger partial charge on any atom is 0.355 e. The van der Waals surface area contributed by atoms with Crippen LogP contribution in [0, 0.1) is 5.82 Å². The summed E-state index contributed by atoms with van der Waals surface area (Å²) in [6.45, 7) is 0.377. The van der Waals surface area contributed by atoms with Gasteiger partial charge in [-0.25, -0.2) is 14.2 Å². The Labute approximate surface area is 142 Å². The highest BCUT2D eigenvalue weighted by Crippen LogP contribution is 2.44. The topological polar surface area (TPSA) is 79.3 Å². The zero-order valence-corrected chi connectivity index (χ0v) is 13.7. The fourth-order valence-electron chi connectivity index (χ4n) is 2.94. The van der Waals surface area contributed by atoms with Crippen LogP contribution in [0.15, 0.2) is 29.6 Å². The Morgan fingerprint density at radius 2 is 2.17 bits per heavy atom. The van der Waals surface area contributed by atoms with Crippen LogP contribution in [0.2, 0.25) is 0 Å². The molecule has 1 aromatic heterocycles. The molecule has 0 radical (unpaired) electrons. The number of benzene rings is 1. The SMILES string of the molecule is O=C(O)c1csc(CCNC(=O)C2(c3cccc(F)c3)CCC2)n1. The zero-order chi connectivity index (χ0) is 17.2. The first-order chi connectivity index (χ1) is 11.5. The molecule has 7 heteroatoms. The minimum absolute atomic E-state index is 0.0246. The largest absolute Gasteiger partial charge is 0.476 e. The van der Waals surface area contributed by atoms with Gasteiger partial charge in [-0.3, -0.25) is 4.79 Å². The third-order valence-electron chi connectivity index (χ3n) is 4.41. The summed E-state index contributed by atoms with van der Waals surface area (Å²) in [6.07, 6.45) is 2.84. The number of rotatable bonds is 6. The maximum absolute atomic E-state index is 13.5. The normalized spacial score (nSPS) is 15.5. The molecule has 1 aromatic carbocycles. The molecule has 0 aliphatic heterocycles. The van der Waals surface area contributed by atoms with Gasteiger partial charge in [0.2, 0.25) is 5.91 Å². The van der Waals surface area contributed by atoms with Gasteiger partial charge in [0.1, 0.15) is 5.82 Å². The quantitative estimate of drug-likeness (QED) is 0.841. The lowest BCUT2D eigenvalue weighted by molar-refractivity contribution is -0.129. The Hall–Kier alpha value is -2.28. The summed E-state index contributed by atoms with van der Waals surface area (Å²) >= 11 is 1.26. The first-order valence-corrected chi connectivity index (χ1v) is 8.61. The number of thiazole rings is 1. The van der Waals surface area contributed by atoms with E-state index in [0.717, 1.165) is 6.42 Å². The molecule has 0 saturated heterocycles. The van der Waals surface area contributed by atoms with Crippen molar-refractivity contribution in [2.24, 2.45) is 0 Å².